The number of carbonyl (C=O) groups excluding carboxylic acids is 2. The van der Waals surface area contributed by atoms with Crippen LogP contribution >= 0.6 is 0 Å². The minimum Gasteiger partial charge on any atom is -0.444 e. The Morgan fingerprint density at radius 3 is 2.27 bits per heavy atom. The summed E-state index contributed by atoms with van der Waals surface area (Å²) in [5, 5.41) is 3.79. The topological polar surface area (TPSA) is 118 Å². The number of benzene rings is 3. The van der Waals surface area contributed by atoms with Gasteiger partial charge in [-0.2, -0.15) is 8.42 Å². The number of nitrogens with zero attached hydrogens (tertiary/aromatic N) is 3. The van der Waals surface area contributed by atoms with Gasteiger partial charge in [0.1, 0.15) is 17.4 Å². The van der Waals surface area contributed by atoms with Gasteiger partial charge in [-0.15, -0.1) is 0 Å². The van der Waals surface area contributed by atoms with Crippen LogP contribution in [0.1, 0.15) is 31.9 Å². The number of aryl methyl sites for hydroxylation is 1. The largest absolute Gasteiger partial charge is 0.444 e. The summed E-state index contributed by atoms with van der Waals surface area (Å²) in [5.74, 6) is -0.112. The highest BCUT2D eigenvalue weighted by atomic mass is 32.2. The molecular weight excluding hydrogens is 592 g/mol. The Morgan fingerprint density at radius 1 is 0.911 bits per heavy atom. The Morgan fingerprint density at radius 2 is 1.58 bits per heavy atom. The van der Waals surface area contributed by atoms with Gasteiger partial charge in [-0.05, 0) is 68.5 Å². The van der Waals surface area contributed by atoms with E-state index in [0.717, 1.165) is 11.1 Å². The summed E-state index contributed by atoms with van der Waals surface area (Å²) in [6.45, 7) is 9.70. The van der Waals surface area contributed by atoms with Crippen molar-refractivity contribution in [3.05, 3.63) is 96.2 Å². The van der Waals surface area contributed by atoms with Gasteiger partial charge in [0.2, 0.25) is 10.9 Å². The number of amides is 2. The molecule has 1 aliphatic rings. The number of aromatic nitrogens is 1. The second kappa shape index (κ2) is 13.2. The van der Waals surface area contributed by atoms with Crippen LogP contribution in [0.3, 0.4) is 0 Å². The molecule has 3 aromatic carbocycles. The number of carbonyl (C=O) groups is 2. The average molecular weight is 631 g/mol. The summed E-state index contributed by atoms with van der Waals surface area (Å²) in [7, 11) is -4.21. The quantitative estimate of drug-likeness (QED) is 0.268. The molecule has 236 valence electrons. The first-order valence-electron chi connectivity index (χ1n) is 14.9. The molecule has 1 fully saturated rings. The van der Waals surface area contributed by atoms with E-state index in [1.807, 2.05) is 18.2 Å². The zero-order chi connectivity index (χ0) is 32.2. The van der Waals surface area contributed by atoms with Gasteiger partial charge in [0.15, 0.2) is 0 Å². The van der Waals surface area contributed by atoms with Gasteiger partial charge in [0.05, 0.1) is 0 Å². The van der Waals surface area contributed by atoms with Gasteiger partial charge < -0.3 is 24.0 Å². The van der Waals surface area contributed by atoms with Crippen LogP contribution in [0, 0.1) is 6.92 Å². The van der Waals surface area contributed by atoms with Crippen molar-refractivity contribution in [2.75, 3.05) is 31.1 Å². The van der Waals surface area contributed by atoms with Crippen LogP contribution < -0.4 is 14.4 Å². The summed E-state index contributed by atoms with van der Waals surface area (Å²) < 4.78 is 37.1. The van der Waals surface area contributed by atoms with Crippen molar-refractivity contribution in [2.24, 2.45) is 0 Å². The average Bonchev–Trinajstić information content (AvgIpc) is 3.00. The second-order valence-electron chi connectivity index (χ2n) is 12.0. The lowest BCUT2D eigenvalue weighted by Gasteiger charge is -2.38. The van der Waals surface area contributed by atoms with E-state index in [1.165, 1.54) is 23.9 Å². The number of hydrogen-bond acceptors (Lipinski definition) is 8. The fourth-order valence-corrected chi connectivity index (χ4v) is 6.42. The van der Waals surface area contributed by atoms with Crippen LogP contribution in [0.4, 0.5) is 10.5 Å². The summed E-state index contributed by atoms with van der Waals surface area (Å²) in [5.41, 5.74) is 2.29. The van der Waals surface area contributed by atoms with E-state index >= 15 is 0 Å². The van der Waals surface area contributed by atoms with Crippen LogP contribution in [0.5, 0.6) is 5.75 Å². The molecule has 4 aromatic rings. The predicted molar refractivity (Wildman–Crippen MR) is 173 cm³/mol. The van der Waals surface area contributed by atoms with E-state index in [9.17, 15) is 18.0 Å². The zero-order valence-corrected chi connectivity index (χ0v) is 26.7. The lowest BCUT2D eigenvalue weighted by molar-refractivity contribution is -0.133. The highest BCUT2D eigenvalue weighted by Crippen LogP contribution is 2.25. The summed E-state index contributed by atoms with van der Waals surface area (Å²) in [6.07, 6.45) is 0.917. The minimum atomic E-state index is -4.21. The maximum Gasteiger partial charge on any atom is 0.408 e. The highest BCUT2D eigenvalue weighted by Gasteiger charge is 2.31. The van der Waals surface area contributed by atoms with Crippen LogP contribution in [-0.4, -0.2) is 68.1 Å². The molecule has 0 bridgehead atoms. The molecule has 11 heteroatoms. The number of ether oxygens (including phenoxy) is 1. The maximum atomic E-state index is 13.8. The van der Waals surface area contributed by atoms with E-state index in [1.54, 1.807) is 62.1 Å². The Hall–Kier alpha value is -4.64. The molecule has 0 aliphatic carbocycles. The van der Waals surface area contributed by atoms with Gasteiger partial charge in [-0.3, -0.25) is 4.79 Å². The number of anilines is 1. The van der Waals surface area contributed by atoms with Crippen molar-refractivity contribution in [2.45, 2.75) is 50.8 Å². The first kappa shape index (κ1) is 31.8. The zero-order valence-electron chi connectivity index (χ0n) is 25.9. The number of para-hydroxylation sites is 1. The van der Waals surface area contributed by atoms with Gasteiger partial charge in [-0.25, -0.2) is 9.78 Å². The molecule has 1 aliphatic heterocycles. The number of hydrogen-bond donors (Lipinski definition) is 1. The third-order valence-corrected chi connectivity index (χ3v) is 8.69. The molecule has 0 unspecified atom stereocenters. The fourth-order valence-electron chi connectivity index (χ4n) is 5.33. The van der Waals surface area contributed by atoms with E-state index in [-0.39, 0.29) is 23.1 Å². The van der Waals surface area contributed by atoms with Crippen molar-refractivity contribution >= 4 is 38.6 Å². The van der Waals surface area contributed by atoms with Crippen molar-refractivity contribution in [1.82, 2.24) is 15.2 Å². The van der Waals surface area contributed by atoms with Crippen LogP contribution in [-0.2, 0) is 26.1 Å². The van der Waals surface area contributed by atoms with Crippen molar-refractivity contribution in [3.63, 3.8) is 0 Å². The van der Waals surface area contributed by atoms with Crippen molar-refractivity contribution < 1.29 is 26.9 Å². The normalized spacial score (nSPS) is 14.6. The summed E-state index contributed by atoms with van der Waals surface area (Å²) in [6, 6.07) is 22.4. The Labute approximate surface area is 264 Å². The van der Waals surface area contributed by atoms with Gasteiger partial charge in [0, 0.05) is 49.9 Å². The smallest absolute Gasteiger partial charge is 0.408 e. The van der Waals surface area contributed by atoms with E-state index in [4.69, 9.17) is 8.92 Å². The molecule has 1 atom stereocenters. The predicted octanol–water partition coefficient (Wildman–Crippen LogP) is 5.10. The molecule has 0 saturated carbocycles. The van der Waals surface area contributed by atoms with Crippen LogP contribution in [0.2, 0.25) is 0 Å². The molecule has 45 heavy (non-hydrogen) atoms. The number of rotatable bonds is 8. The molecule has 1 aromatic heterocycles. The van der Waals surface area contributed by atoms with E-state index in [2.05, 4.69) is 34.3 Å². The minimum absolute atomic E-state index is 0.101. The van der Waals surface area contributed by atoms with Gasteiger partial charge in [-0.1, -0.05) is 54.6 Å². The van der Waals surface area contributed by atoms with Gasteiger partial charge in [0.25, 0.3) is 0 Å². The molecule has 2 heterocycles. The van der Waals surface area contributed by atoms with E-state index < -0.39 is 27.9 Å². The van der Waals surface area contributed by atoms with Crippen LogP contribution in [0.15, 0.2) is 90.1 Å². The van der Waals surface area contributed by atoms with E-state index in [0.29, 0.717) is 37.1 Å². The highest BCUT2D eigenvalue weighted by molar-refractivity contribution is 7.87. The summed E-state index contributed by atoms with van der Waals surface area (Å²) >= 11 is 0. The Balaban J connectivity index is 1.29. The number of nitrogens with one attached hydrogen (secondary N) is 1. The summed E-state index contributed by atoms with van der Waals surface area (Å²) in [4.78, 5) is 34.6. The fraction of sp³-hybridized carbons (Fsp3) is 0.324. The molecular formula is C34H38N4O6S. The molecule has 0 radical (unpaired) electrons. The standard InChI is InChI=1S/C34H38N4O6S/c1-24-9-5-8-12-30(24)37-19-21-38(22-20-37)32(39)29(36-33(40)43-34(2,3)4)23-25-13-15-27(16-14-25)44-45(41,42)31-28-11-7-6-10-26(28)17-18-35-31/h5-18,29H,19-23H2,1-4H3,(H,36,40)/t29-/m0/s1. The van der Waals surface area contributed by atoms with Gasteiger partial charge >= 0.3 is 16.2 Å². The Bertz CT molecular complexity index is 1770. The number of fused-ring (bicyclic) bond motifs is 1. The Kier molecular flexibility index (Phi) is 9.29. The second-order valence-corrected chi connectivity index (χ2v) is 13.5. The monoisotopic (exact) mass is 630 g/mol. The SMILES string of the molecule is Cc1ccccc1N1CCN(C(=O)[C@H](Cc2ccc(OS(=O)(=O)c3nccc4ccccc34)cc2)NC(=O)OC(C)(C)C)CC1. The molecule has 2 amide bonds. The van der Waals surface area contributed by atoms with Crippen molar-refractivity contribution in [3.8, 4) is 5.75 Å². The molecule has 5 rings (SSSR count). The molecule has 0 spiro atoms. The lowest BCUT2D eigenvalue weighted by atomic mass is 10.0. The first-order valence-corrected chi connectivity index (χ1v) is 16.3. The number of piperazine rings is 1. The number of pyridine rings is 1. The van der Waals surface area contributed by atoms with Crippen molar-refractivity contribution in [1.29, 1.82) is 0 Å². The molecule has 1 N–H and O–H groups in total. The van der Waals surface area contributed by atoms with Crippen LogP contribution in [0.25, 0.3) is 10.8 Å². The first-order chi connectivity index (χ1) is 21.4. The third kappa shape index (κ3) is 7.91. The maximum absolute atomic E-state index is 13.8. The molecule has 1 saturated heterocycles. The number of alkyl carbamates (subject to hydrolysis) is 1. The molecule has 10 nitrogen and oxygen atoms in total. The lowest BCUT2D eigenvalue weighted by Crippen LogP contribution is -2.56. The third-order valence-electron chi connectivity index (χ3n) is 7.48.